The molecule has 11 rings (SSSR count). The van der Waals surface area contributed by atoms with E-state index in [1.807, 2.05) is 0 Å². The van der Waals surface area contributed by atoms with E-state index in [0.717, 1.165) is 49.7 Å². The van der Waals surface area contributed by atoms with Crippen LogP contribution >= 0.6 is 0 Å². The highest BCUT2D eigenvalue weighted by Crippen LogP contribution is 2.66. The van der Waals surface area contributed by atoms with Gasteiger partial charge in [-0.15, -0.1) is 0 Å². The van der Waals surface area contributed by atoms with Crippen molar-refractivity contribution in [3.63, 3.8) is 0 Å². The van der Waals surface area contributed by atoms with Crippen LogP contribution in [0.1, 0.15) is 88.2 Å². The van der Waals surface area contributed by atoms with E-state index in [-0.39, 0.29) is 22.3 Å². The lowest BCUT2D eigenvalue weighted by Crippen LogP contribution is -2.49. The van der Waals surface area contributed by atoms with E-state index in [1.165, 1.54) is 50.7 Å². The second-order valence-corrected chi connectivity index (χ2v) is 15.8. The van der Waals surface area contributed by atoms with Gasteiger partial charge in [0.05, 0.1) is 0 Å². The molecule has 3 aromatic carbocycles. The summed E-state index contributed by atoms with van der Waals surface area (Å²) in [5.41, 5.74) is 14.7. The third-order valence-electron chi connectivity index (χ3n) is 12.7. The maximum atomic E-state index is 15.5. The van der Waals surface area contributed by atoms with Crippen LogP contribution < -0.4 is 20.9 Å². The van der Waals surface area contributed by atoms with Crippen LogP contribution in [0, 0.1) is 47.1 Å². The standard InChI is InChI=1S/C38H42F2N2O2/c39-31-13-27(41)1-5-33(31)43-35-29(37-15-21-7-22(16-37)9-23(8-21)17-37)3-4-30(36(35)44-34-6-2-28(42)14-32(34)40)38-18-24-10-25(19-38)12-26(11-24)20-38/h1-6,13-14,21-26H,7-12,15-20,41-42H2. The van der Waals surface area contributed by atoms with Gasteiger partial charge in [-0.25, -0.2) is 8.78 Å². The molecule has 0 atom stereocenters. The van der Waals surface area contributed by atoms with Crippen molar-refractivity contribution >= 4 is 11.4 Å². The molecule has 4 nitrogen and oxygen atoms in total. The summed E-state index contributed by atoms with van der Waals surface area (Å²) in [6.07, 6.45) is 14.6. The maximum absolute atomic E-state index is 15.5. The summed E-state index contributed by atoms with van der Waals surface area (Å²) in [4.78, 5) is 0. The van der Waals surface area contributed by atoms with E-state index in [4.69, 9.17) is 20.9 Å². The lowest BCUT2D eigenvalue weighted by atomic mass is 9.47. The molecule has 44 heavy (non-hydrogen) atoms. The van der Waals surface area contributed by atoms with Crippen LogP contribution in [0.15, 0.2) is 48.5 Å². The number of halogens is 2. The molecule has 8 fully saturated rings. The van der Waals surface area contributed by atoms with Crippen molar-refractivity contribution < 1.29 is 18.3 Å². The highest BCUT2D eigenvalue weighted by molar-refractivity contribution is 5.61. The number of rotatable bonds is 6. The summed E-state index contributed by atoms with van der Waals surface area (Å²) in [7, 11) is 0. The third-order valence-corrected chi connectivity index (χ3v) is 12.7. The second-order valence-electron chi connectivity index (χ2n) is 15.8. The summed E-state index contributed by atoms with van der Waals surface area (Å²) in [5, 5.41) is 0. The zero-order valence-corrected chi connectivity index (χ0v) is 25.3. The maximum Gasteiger partial charge on any atom is 0.174 e. The first-order chi connectivity index (χ1) is 21.2. The number of ether oxygens (including phenoxy) is 2. The summed E-state index contributed by atoms with van der Waals surface area (Å²) in [6, 6.07) is 13.8. The Balaban J connectivity index is 1.27. The Kier molecular flexibility index (Phi) is 5.91. The molecule has 230 valence electrons. The first-order valence-corrected chi connectivity index (χ1v) is 16.9. The van der Waals surface area contributed by atoms with Crippen LogP contribution in [0.25, 0.3) is 0 Å². The molecule has 6 heteroatoms. The van der Waals surface area contributed by atoms with E-state index in [9.17, 15) is 0 Å². The van der Waals surface area contributed by atoms with Crippen molar-refractivity contribution in [2.24, 2.45) is 35.5 Å². The Morgan fingerprint density at radius 1 is 0.500 bits per heavy atom. The van der Waals surface area contributed by atoms with Crippen LogP contribution in [0.5, 0.6) is 23.0 Å². The van der Waals surface area contributed by atoms with Gasteiger partial charge in [0.25, 0.3) is 0 Å². The molecule has 4 N–H and O–H groups in total. The fourth-order valence-corrected chi connectivity index (χ4v) is 11.9. The van der Waals surface area contributed by atoms with E-state index in [1.54, 1.807) is 24.3 Å². The van der Waals surface area contributed by atoms with E-state index in [0.29, 0.717) is 58.4 Å². The van der Waals surface area contributed by atoms with Crippen LogP contribution in [0.4, 0.5) is 20.2 Å². The van der Waals surface area contributed by atoms with Gasteiger partial charge in [0, 0.05) is 34.6 Å². The Hall–Kier alpha value is -3.28. The lowest BCUT2D eigenvalue weighted by molar-refractivity contribution is -0.00836. The Bertz CT molecular complexity index is 1460. The van der Waals surface area contributed by atoms with Gasteiger partial charge in [0.1, 0.15) is 0 Å². The van der Waals surface area contributed by atoms with Gasteiger partial charge < -0.3 is 20.9 Å². The van der Waals surface area contributed by atoms with Crippen LogP contribution in [0.2, 0.25) is 0 Å². The number of anilines is 2. The predicted octanol–water partition coefficient (Wildman–Crippen LogP) is 9.65. The number of nitrogen functional groups attached to an aromatic ring is 2. The van der Waals surface area contributed by atoms with Crippen molar-refractivity contribution in [2.75, 3.05) is 11.5 Å². The first kappa shape index (κ1) is 27.1. The van der Waals surface area contributed by atoms with Gasteiger partial charge in [-0.2, -0.15) is 0 Å². The molecule has 0 heterocycles. The monoisotopic (exact) mass is 596 g/mol. The minimum atomic E-state index is -0.508. The Labute approximate surface area is 258 Å². The largest absolute Gasteiger partial charge is 0.450 e. The first-order valence-electron chi connectivity index (χ1n) is 16.9. The van der Waals surface area contributed by atoms with Crippen molar-refractivity contribution in [3.05, 3.63) is 71.3 Å². The van der Waals surface area contributed by atoms with Gasteiger partial charge in [0.15, 0.2) is 34.6 Å². The fraction of sp³-hybridized carbons (Fsp3) is 0.526. The quantitative estimate of drug-likeness (QED) is 0.278. The summed E-state index contributed by atoms with van der Waals surface area (Å²) < 4.78 is 44.5. The molecule has 8 aliphatic carbocycles. The van der Waals surface area contributed by atoms with Gasteiger partial charge in [-0.3, -0.25) is 0 Å². The normalized spacial score (nSPS) is 36.1. The molecule has 3 aromatic rings. The van der Waals surface area contributed by atoms with Gasteiger partial charge in [0.2, 0.25) is 0 Å². The number of hydrogen-bond acceptors (Lipinski definition) is 4. The molecular weight excluding hydrogens is 554 g/mol. The average Bonchev–Trinajstić information content (AvgIpc) is 2.95. The van der Waals surface area contributed by atoms with Crippen molar-refractivity contribution in [1.82, 2.24) is 0 Å². The third kappa shape index (κ3) is 4.26. The number of nitrogens with two attached hydrogens (primary N) is 2. The van der Waals surface area contributed by atoms with Gasteiger partial charge in [-0.05, 0) is 148 Å². The molecular formula is C38H42F2N2O2. The number of hydrogen-bond donors (Lipinski definition) is 2. The molecule has 0 aliphatic heterocycles. The van der Waals surface area contributed by atoms with Crippen LogP contribution in [-0.2, 0) is 10.8 Å². The molecule has 0 spiro atoms. The Morgan fingerprint density at radius 3 is 1.11 bits per heavy atom. The second kappa shape index (κ2) is 9.61. The fourth-order valence-electron chi connectivity index (χ4n) is 11.9. The Morgan fingerprint density at radius 2 is 0.818 bits per heavy atom. The van der Waals surface area contributed by atoms with Crippen LogP contribution in [-0.4, -0.2) is 0 Å². The van der Waals surface area contributed by atoms with Gasteiger partial charge >= 0.3 is 0 Å². The molecule has 8 aliphatic rings. The highest BCUT2D eigenvalue weighted by Gasteiger charge is 2.55. The van der Waals surface area contributed by atoms with Crippen molar-refractivity contribution in [3.8, 4) is 23.0 Å². The zero-order chi connectivity index (χ0) is 29.8. The topological polar surface area (TPSA) is 70.5 Å². The molecule has 0 saturated heterocycles. The minimum absolute atomic E-state index is 0.0495. The smallest absolute Gasteiger partial charge is 0.174 e. The van der Waals surface area contributed by atoms with E-state index < -0.39 is 11.6 Å². The molecule has 0 aromatic heterocycles. The molecule has 8 saturated carbocycles. The molecule has 0 radical (unpaired) electrons. The van der Waals surface area contributed by atoms with Gasteiger partial charge in [-0.1, -0.05) is 12.1 Å². The zero-order valence-electron chi connectivity index (χ0n) is 25.3. The predicted molar refractivity (Wildman–Crippen MR) is 168 cm³/mol. The summed E-state index contributed by atoms with van der Waals surface area (Å²) in [6.45, 7) is 0. The van der Waals surface area contributed by atoms with Crippen LogP contribution in [0.3, 0.4) is 0 Å². The summed E-state index contributed by atoms with van der Waals surface area (Å²) in [5.74, 6) is 4.64. The van der Waals surface area contributed by atoms with E-state index >= 15 is 8.78 Å². The summed E-state index contributed by atoms with van der Waals surface area (Å²) >= 11 is 0. The highest BCUT2D eigenvalue weighted by atomic mass is 19.1. The number of benzene rings is 3. The molecule has 0 unspecified atom stereocenters. The average molecular weight is 597 g/mol. The minimum Gasteiger partial charge on any atom is -0.450 e. The van der Waals surface area contributed by atoms with Crippen molar-refractivity contribution in [2.45, 2.75) is 87.9 Å². The van der Waals surface area contributed by atoms with Crippen molar-refractivity contribution in [1.29, 1.82) is 0 Å². The molecule has 0 amide bonds. The lowest BCUT2D eigenvalue weighted by Gasteiger charge is -2.58. The SMILES string of the molecule is Nc1ccc(Oc2c(C34CC5CC(CC(C5)C3)C4)ccc(C34CC5CC(CC(C5)C3)C4)c2Oc2ccc(N)cc2F)c(F)c1. The van der Waals surface area contributed by atoms with E-state index in [2.05, 4.69) is 12.1 Å². The molecule has 8 bridgehead atoms.